The minimum atomic E-state index is -4.07. The summed E-state index contributed by atoms with van der Waals surface area (Å²) in [6, 6.07) is 10.9. The van der Waals surface area contributed by atoms with E-state index in [4.69, 9.17) is 94.2 Å². The van der Waals surface area contributed by atoms with Crippen LogP contribution in [-0.2, 0) is 77.4 Å². The van der Waals surface area contributed by atoms with E-state index in [0.29, 0.717) is 101 Å². The molecule has 8 aliphatic rings. The Morgan fingerprint density at radius 3 is 1.15 bits per heavy atom. The Morgan fingerprint density at radius 2 is 0.805 bits per heavy atom. The van der Waals surface area contributed by atoms with Gasteiger partial charge < -0.3 is 48.6 Å². The summed E-state index contributed by atoms with van der Waals surface area (Å²) in [7, 11) is -1.35. The van der Waals surface area contributed by atoms with E-state index in [1.165, 1.54) is 142 Å². The van der Waals surface area contributed by atoms with E-state index in [2.05, 4.69) is 39.4 Å². The number of ether oxygens (including phenoxy) is 5. The van der Waals surface area contributed by atoms with Crippen LogP contribution in [0.4, 0.5) is 22.4 Å². The van der Waals surface area contributed by atoms with E-state index in [-0.39, 0.29) is 94.1 Å². The first-order chi connectivity index (χ1) is 60.9. The molecule has 128 heavy (non-hydrogen) atoms. The minimum absolute atomic E-state index is 0.0943. The fraction of sp³-hybridized carbons (Fsp3) is 0.329. The maximum atomic E-state index is 14.2. The van der Waals surface area contributed by atoms with Gasteiger partial charge in [0.15, 0.2) is 43.4 Å². The van der Waals surface area contributed by atoms with Crippen LogP contribution in [0.5, 0.6) is 0 Å². The van der Waals surface area contributed by atoms with Gasteiger partial charge in [0, 0.05) is 166 Å². The average molecular weight is 1980 g/mol. The van der Waals surface area contributed by atoms with E-state index >= 15 is 0 Å². The number of rotatable bonds is 22. The molecule has 0 bridgehead atoms. The number of esters is 4. The number of carbonyl (C=O) groups excluding carboxylic acids is 5. The zero-order valence-electron chi connectivity index (χ0n) is 68.7. The number of nitrogens with one attached hydrogen (secondary N) is 4. The van der Waals surface area contributed by atoms with Crippen LogP contribution in [0, 0.1) is 23.3 Å². The van der Waals surface area contributed by atoms with Crippen molar-refractivity contribution in [1.29, 1.82) is 0 Å². The highest BCUT2D eigenvalue weighted by Gasteiger charge is 2.49. The summed E-state index contributed by atoms with van der Waals surface area (Å²) in [5.74, 6) is -2.77. The van der Waals surface area contributed by atoms with Crippen LogP contribution in [-0.4, -0.2) is 242 Å². The largest absolute Gasteiger partial charge is 0.466 e. The van der Waals surface area contributed by atoms with Crippen molar-refractivity contribution in [3.05, 3.63) is 250 Å². The first-order valence-electron chi connectivity index (χ1n) is 38.0. The fourth-order valence-electron chi connectivity index (χ4n) is 15.2. The van der Waals surface area contributed by atoms with Crippen LogP contribution in [0.25, 0.3) is 0 Å². The Hall–Kier alpha value is -10.1. The van der Waals surface area contributed by atoms with Crippen molar-refractivity contribution in [3.8, 4) is 0 Å². The number of aliphatic imine (C=N–C) groups is 4. The molecular formula is C79H77Cl4F4N17O17S7. The van der Waals surface area contributed by atoms with E-state index in [1.54, 1.807) is 80.7 Å². The molecule has 4 aromatic carbocycles. The number of alkyl carbamates (subject to hydrolysis) is 1. The van der Waals surface area contributed by atoms with Crippen molar-refractivity contribution in [2.75, 3.05) is 95.1 Å². The molecular weight excluding hydrogens is 1900 g/mol. The van der Waals surface area contributed by atoms with Crippen molar-refractivity contribution >= 4 is 175 Å². The average Bonchev–Trinajstić information content (AvgIpc) is 1.58. The molecule has 8 aliphatic heterocycles. The van der Waals surface area contributed by atoms with Crippen LogP contribution >= 0.6 is 91.8 Å². The predicted octanol–water partition coefficient (Wildman–Crippen LogP) is 10.6. The number of sulfonamides is 2. The van der Waals surface area contributed by atoms with Crippen LogP contribution in [0.15, 0.2) is 184 Å². The highest BCUT2D eigenvalue weighted by Crippen LogP contribution is 2.48. The number of amidine groups is 4. The fourth-order valence-corrected chi connectivity index (χ4v) is 21.3. The third-order valence-electron chi connectivity index (χ3n) is 20.3. The molecule has 1 amide bonds. The number of nitrogens with zero attached hydrogens (tertiary/aromatic N) is 13. The molecule has 4 saturated heterocycles. The van der Waals surface area contributed by atoms with Crippen molar-refractivity contribution in [2.45, 2.75) is 74.0 Å². The molecule has 34 nitrogen and oxygen atoms in total. The quantitative estimate of drug-likeness (QED) is 0.0212. The number of hydrogen-bond acceptors (Lipinski definition) is 34. The molecule has 8 atom stereocenters. The summed E-state index contributed by atoms with van der Waals surface area (Å²) in [5, 5.41) is 12.3. The normalized spacial score (nSPS) is 20.7. The Labute approximate surface area is 767 Å². The van der Waals surface area contributed by atoms with Crippen molar-refractivity contribution in [2.24, 2.45) is 20.0 Å². The van der Waals surface area contributed by atoms with Gasteiger partial charge in [-0.05, 0) is 62.1 Å². The Morgan fingerprint density at radius 1 is 0.445 bits per heavy atom. The first kappa shape index (κ1) is 95.5. The standard InChI is InChI=1S/C21H23ClFN5O5S2.C20H18ClFN4O4S.2C19H18ClFN4O4S2/c1-27(2)11-33-35(30,31)26-13-9-16-17(21(29)32-3)18(14-5-4-12(23)8-15(14)22)25-19(28(16)10-13)20-24-6-7-34-20;1-29-19(27)15-14-8-11(24-20(28)30-2)9-26(14)17(18-23-5-6-31-18)25-16(15)12-4-3-10(22)7-13(12)21;1-29-19(26)15-14-8-11(24-31(2,27)28)9-25(14)17(18-22-5-6-30-18)23-16(15)10-3-4-13(21)12(20)7-10;1-29-19(26)14-13-8-10(24-31(2,27)28)9-25(13)17(18-22-6-7-30-18)23-16(14)11-4-3-5-12(21)15(11)20/h4-8,13,18,26H,9-11H2,1-3H3;3-7,11,16H,8-9H2,1-2H3,(H,24,28);3-7,11,16,24H,8-9H2,1-2H3;3-7,10,16,24H,8-9H2,1-2H3/t13-,18-;2*11-,16-;10-,16-/m0000/s1. The highest BCUT2D eigenvalue weighted by atomic mass is 35.5. The lowest BCUT2D eigenvalue weighted by atomic mass is 9.94. The van der Waals surface area contributed by atoms with Gasteiger partial charge in [-0.2, -0.15) is 13.1 Å². The highest BCUT2D eigenvalue weighted by molar-refractivity contribution is 7.89. The van der Waals surface area contributed by atoms with Crippen LogP contribution < -0.4 is 19.5 Å². The third kappa shape index (κ3) is 21.6. The van der Waals surface area contributed by atoms with Gasteiger partial charge in [-0.1, -0.05) is 76.7 Å². The number of thiazole rings is 4. The minimum Gasteiger partial charge on any atom is -0.466 e. The van der Waals surface area contributed by atoms with Crippen molar-refractivity contribution in [3.63, 3.8) is 0 Å². The van der Waals surface area contributed by atoms with Crippen LogP contribution in [0.2, 0.25) is 20.1 Å². The second-order valence-electron chi connectivity index (χ2n) is 29.2. The van der Waals surface area contributed by atoms with Gasteiger partial charge in [0.25, 0.3) is 0 Å². The van der Waals surface area contributed by atoms with Crippen LogP contribution in [0.1, 0.15) is 92.1 Å². The zero-order chi connectivity index (χ0) is 92.1. The third-order valence-corrected chi connectivity index (χ3v) is 27.2. The first-order valence-corrected chi connectivity index (χ1v) is 48.3. The second-order valence-corrected chi connectivity index (χ2v) is 39.3. The van der Waals surface area contributed by atoms with Gasteiger partial charge in [-0.3, -0.25) is 24.9 Å². The lowest BCUT2D eigenvalue weighted by Crippen LogP contribution is -2.41. The Bertz CT molecular complexity index is 6260. The lowest BCUT2D eigenvalue weighted by Gasteiger charge is -2.31. The monoisotopic (exact) mass is 1980 g/mol. The Kier molecular flexibility index (Phi) is 30.2. The molecule has 0 radical (unpaired) electrons. The number of carbonyl (C=O) groups is 5. The summed E-state index contributed by atoms with van der Waals surface area (Å²) >= 11 is 30.3. The number of amides is 1. The van der Waals surface area contributed by atoms with E-state index in [1.807, 2.05) is 10.3 Å². The van der Waals surface area contributed by atoms with Crippen molar-refractivity contribution < 1.29 is 94.7 Å². The molecule has 0 saturated carbocycles. The molecule has 4 N–H and O–H groups in total. The molecule has 0 unspecified atom stereocenters. The number of methoxy groups -OCH3 is 5. The topological polar surface area (TPSA) is 408 Å². The van der Waals surface area contributed by atoms with E-state index in [0.717, 1.165) is 18.6 Å². The number of aromatic nitrogens is 4. The molecule has 678 valence electrons. The molecule has 0 aliphatic carbocycles. The van der Waals surface area contributed by atoms with Gasteiger partial charge in [0.05, 0.1) is 86.4 Å². The summed E-state index contributed by atoms with van der Waals surface area (Å²) in [4.78, 5) is 108. The van der Waals surface area contributed by atoms with Gasteiger partial charge in [0.1, 0.15) is 54.2 Å². The van der Waals surface area contributed by atoms with Crippen molar-refractivity contribution in [1.82, 2.24) is 63.9 Å². The van der Waals surface area contributed by atoms with Gasteiger partial charge in [0.2, 0.25) is 20.0 Å². The van der Waals surface area contributed by atoms with Gasteiger partial charge >= 0.3 is 40.3 Å². The maximum absolute atomic E-state index is 14.2. The van der Waals surface area contributed by atoms with Gasteiger partial charge in [-0.25, -0.2) is 91.9 Å². The SMILES string of the molecule is COC(=O)C1=C2C[C@H](NS(=O)(=O)OCN(C)C)CN2C(c2nccs2)=N[C@H]1c1ccc(F)cc1Cl.COC(=O)C1=C2C[C@H](NS(C)(=O)=O)CN2C(c2nccs2)=N[C@H]1c1ccc(F)c(Cl)c1.COC(=O)C1=C2C[C@H](NS(C)(=O)=O)CN2C(c2nccs2)=N[C@H]1c1cccc(F)c1Cl.COC(=O)N[C@H]1CC2=C(C(=O)OC)[C@H](c3ccc(F)cc3Cl)N=C(c3nccs3)N2C1. The molecule has 49 heteroatoms. The zero-order valence-corrected chi connectivity index (χ0v) is 77.4. The van der Waals surface area contributed by atoms with E-state index < -0.39 is 126 Å². The molecule has 4 fully saturated rings. The molecule has 0 spiro atoms. The summed E-state index contributed by atoms with van der Waals surface area (Å²) in [6.45, 7) is 0.956. The molecule has 12 heterocycles. The lowest BCUT2D eigenvalue weighted by molar-refractivity contribution is -0.137. The number of halogens is 8. The predicted molar refractivity (Wildman–Crippen MR) is 471 cm³/mol. The second kappa shape index (κ2) is 40.5. The number of fused-ring (bicyclic) bond motifs is 4. The maximum Gasteiger partial charge on any atom is 0.407 e. The van der Waals surface area contributed by atoms with Crippen LogP contribution in [0.3, 0.4) is 0 Å². The number of hydrogen-bond donors (Lipinski definition) is 4. The summed E-state index contributed by atoms with van der Waals surface area (Å²) < 4.78 is 165. The van der Waals surface area contributed by atoms with Gasteiger partial charge in [-0.15, -0.1) is 45.3 Å². The molecule has 4 aromatic heterocycles. The smallest absolute Gasteiger partial charge is 0.407 e. The molecule has 8 aromatic rings. The molecule has 16 rings (SSSR count). The Balaban J connectivity index is 0.000000146. The summed E-state index contributed by atoms with van der Waals surface area (Å²) in [6.07, 6.45) is 9.10. The van der Waals surface area contributed by atoms with E-state index in [9.17, 15) is 66.8 Å². The summed E-state index contributed by atoms with van der Waals surface area (Å²) in [5.41, 5.74) is 4.88. The number of benzene rings is 4.